The van der Waals surface area contributed by atoms with Crippen molar-refractivity contribution in [2.24, 2.45) is 16.7 Å². The number of carbonyl (C=O) groups excluding carboxylic acids is 2. The van der Waals surface area contributed by atoms with Gasteiger partial charge in [-0.1, -0.05) is 13.8 Å². The van der Waals surface area contributed by atoms with Crippen molar-refractivity contribution in [3.63, 3.8) is 0 Å². The molecule has 4 fully saturated rings. The summed E-state index contributed by atoms with van der Waals surface area (Å²) in [6, 6.07) is 0.0911. The van der Waals surface area contributed by atoms with E-state index in [0.717, 1.165) is 19.3 Å². The van der Waals surface area contributed by atoms with Crippen LogP contribution in [0.15, 0.2) is 0 Å². The van der Waals surface area contributed by atoms with Gasteiger partial charge in [-0.05, 0) is 43.9 Å². The number of ketones is 1. The Hall–Kier alpha value is -0.990. The summed E-state index contributed by atoms with van der Waals surface area (Å²) in [6.07, 6.45) is 4.30. The summed E-state index contributed by atoms with van der Waals surface area (Å²) in [6.45, 7) is 7.90. The maximum Gasteiger partial charge on any atom is 0.237 e. The molecule has 3 unspecified atom stereocenters. The van der Waals surface area contributed by atoms with Gasteiger partial charge in [0, 0.05) is 44.1 Å². The van der Waals surface area contributed by atoms with Crippen LogP contribution in [0.1, 0.15) is 52.9 Å². The number of piperazine rings is 1. The molecule has 3 aliphatic carbocycles. The van der Waals surface area contributed by atoms with E-state index in [4.69, 9.17) is 0 Å². The lowest BCUT2D eigenvalue weighted by Crippen LogP contribution is -2.56. The van der Waals surface area contributed by atoms with E-state index < -0.39 is 15.4 Å². The van der Waals surface area contributed by atoms with Crippen LogP contribution in [0, 0.1) is 16.7 Å². The van der Waals surface area contributed by atoms with Crippen molar-refractivity contribution >= 4 is 21.7 Å². The second kappa shape index (κ2) is 6.77. The van der Waals surface area contributed by atoms with Crippen molar-refractivity contribution in [3.8, 4) is 0 Å². The number of sulfonamides is 1. The number of rotatable bonds is 6. The van der Waals surface area contributed by atoms with E-state index in [-0.39, 0.29) is 28.9 Å². The van der Waals surface area contributed by atoms with Gasteiger partial charge in [-0.2, -0.15) is 4.31 Å². The van der Waals surface area contributed by atoms with Gasteiger partial charge < -0.3 is 5.32 Å². The van der Waals surface area contributed by atoms with Gasteiger partial charge >= 0.3 is 0 Å². The lowest BCUT2D eigenvalue weighted by molar-refractivity contribution is -0.128. The summed E-state index contributed by atoms with van der Waals surface area (Å²) < 4.78 is 27.9. The first-order valence-corrected chi connectivity index (χ1v) is 12.2. The van der Waals surface area contributed by atoms with E-state index in [1.807, 2.05) is 6.92 Å². The summed E-state index contributed by atoms with van der Waals surface area (Å²) >= 11 is 0. The highest BCUT2D eigenvalue weighted by Gasteiger charge is 2.65. The Morgan fingerprint density at radius 1 is 1.18 bits per heavy atom. The molecule has 1 amide bonds. The van der Waals surface area contributed by atoms with Crippen molar-refractivity contribution < 1.29 is 18.0 Å². The average Bonchev–Trinajstić information content (AvgIpc) is 3.39. The van der Waals surface area contributed by atoms with Crippen LogP contribution in [-0.4, -0.2) is 73.3 Å². The van der Waals surface area contributed by atoms with E-state index in [1.165, 1.54) is 0 Å². The predicted octanol–water partition coefficient (Wildman–Crippen LogP) is 0.996. The molecule has 1 saturated heterocycles. The maximum absolute atomic E-state index is 13.2. The number of fused-ring (bicyclic) bond motifs is 2. The normalized spacial score (nSPS) is 34.5. The highest BCUT2D eigenvalue weighted by molar-refractivity contribution is 7.89. The lowest BCUT2D eigenvalue weighted by atomic mass is 9.70. The molecule has 8 heteroatoms. The molecule has 3 atom stereocenters. The molecule has 0 aromatic rings. The van der Waals surface area contributed by atoms with E-state index in [1.54, 1.807) is 4.31 Å². The summed E-state index contributed by atoms with van der Waals surface area (Å²) in [5, 5.41) is 3.02. The molecular weight excluding hydrogens is 378 g/mol. The molecule has 4 rings (SSSR count). The van der Waals surface area contributed by atoms with Crippen molar-refractivity contribution in [1.82, 2.24) is 14.5 Å². The fraction of sp³-hybridized carbons (Fsp3) is 0.900. The molecule has 0 spiro atoms. The van der Waals surface area contributed by atoms with Crippen LogP contribution in [0.25, 0.3) is 0 Å². The Balaban J connectivity index is 1.38. The van der Waals surface area contributed by atoms with Gasteiger partial charge in [0.05, 0.1) is 11.8 Å². The van der Waals surface area contributed by atoms with Crippen molar-refractivity contribution in [2.45, 2.75) is 65.0 Å². The summed E-state index contributed by atoms with van der Waals surface area (Å²) in [4.78, 5) is 27.0. The Morgan fingerprint density at radius 2 is 1.82 bits per heavy atom. The second-order valence-electron chi connectivity index (χ2n) is 9.82. The van der Waals surface area contributed by atoms with Gasteiger partial charge in [-0.15, -0.1) is 0 Å². The Kier molecular flexibility index (Phi) is 4.91. The minimum Gasteiger partial charge on any atom is -0.352 e. The topological polar surface area (TPSA) is 86.8 Å². The minimum absolute atomic E-state index is 0.0352. The molecule has 0 aromatic heterocycles. The predicted molar refractivity (Wildman–Crippen MR) is 106 cm³/mol. The van der Waals surface area contributed by atoms with Crippen LogP contribution in [-0.2, 0) is 19.6 Å². The molecule has 158 valence electrons. The monoisotopic (exact) mass is 411 g/mol. The molecule has 7 nitrogen and oxygen atoms in total. The highest BCUT2D eigenvalue weighted by Crippen LogP contribution is 2.64. The molecule has 1 aliphatic heterocycles. The Bertz CT molecular complexity index is 768. The summed E-state index contributed by atoms with van der Waals surface area (Å²) in [7, 11) is -3.51. The van der Waals surface area contributed by atoms with Crippen molar-refractivity contribution in [2.75, 3.05) is 31.9 Å². The van der Waals surface area contributed by atoms with Crippen molar-refractivity contribution in [3.05, 3.63) is 0 Å². The SMILES string of the molecule is CC(C(=O)NC1CC1)N1CCN(S(=O)(=O)CC23CCC(CC2=O)C3(C)C)CC1. The number of nitrogens with one attached hydrogen (secondary N) is 1. The second-order valence-corrected chi connectivity index (χ2v) is 11.8. The fourth-order valence-corrected chi connectivity index (χ4v) is 7.80. The van der Waals surface area contributed by atoms with Gasteiger partial charge in [0.15, 0.2) is 0 Å². The quantitative estimate of drug-likeness (QED) is 0.705. The largest absolute Gasteiger partial charge is 0.352 e. The van der Waals surface area contributed by atoms with Crippen LogP contribution in [0.4, 0.5) is 0 Å². The van der Waals surface area contributed by atoms with Crippen LogP contribution >= 0.6 is 0 Å². The van der Waals surface area contributed by atoms with Gasteiger partial charge in [0.2, 0.25) is 15.9 Å². The van der Waals surface area contributed by atoms with Gasteiger partial charge in [-0.3, -0.25) is 14.5 Å². The first kappa shape index (κ1) is 20.3. The van der Waals surface area contributed by atoms with Gasteiger partial charge in [-0.25, -0.2) is 8.42 Å². The molecule has 28 heavy (non-hydrogen) atoms. The smallest absolute Gasteiger partial charge is 0.237 e. The molecular formula is C20H33N3O4S. The molecule has 1 N–H and O–H groups in total. The number of hydrogen-bond donors (Lipinski definition) is 1. The Morgan fingerprint density at radius 3 is 2.32 bits per heavy atom. The molecule has 0 aromatic carbocycles. The number of hydrogen-bond acceptors (Lipinski definition) is 5. The number of carbonyl (C=O) groups is 2. The zero-order valence-corrected chi connectivity index (χ0v) is 18.1. The molecule has 0 radical (unpaired) electrons. The number of Topliss-reactive ketones (excluding diaryl/α,β-unsaturated/α-hetero) is 1. The fourth-order valence-electron chi connectivity index (χ4n) is 5.60. The van der Waals surface area contributed by atoms with Crippen LogP contribution in [0.5, 0.6) is 0 Å². The molecule has 3 saturated carbocycles. The third kappa shape index (κ3) is 3.21. The number of nitrogens with zero attached hydrogens (tertiary/aromatic N) is 2. The maximum atomic E-state index is 13.2. The third-order valence-electron chi connectivity index (χ3n) is 8.09. The zero-order chi connectivity index (χ0) is 20.3. The van der Waals surface area contributed by atoms with Crippen LogP contribution in [0.2, 0.25) is 0 Å². The minimum atomic E-state index is -3.51. The van der Waals surface area contributed by atoms with Crippen LogP contribution in [0.3, 0.4) is 0 Å². The van der Waals surface area contributed by atoms with E-state index in [2.05, 4.69) is 24.1 Å². The van der Waals surface area contributed by atoms with Crippen LogP contribution < -0.4 is 5.32 Å². The molecule has 1 heterocycles. The molecule has 4 aliphatic rings. The highest BCUT2D eigenvalue weighted by atomic mass is 32.2. The zero-order valence-electron chi connectivity index (χ0n) is 17.2. The van der Waals surface area contributed by atoms with E-state index in [0.29, 0.717) is 51.0 Å². The molecule has 2 bridgehead atoms. The average molecular weight is 412 g/mol. The summed E-state index contributed by atoms with van der Waals surface area (Å²) in [5.74, 6) is 0.437. The standard InChI is InChI=1S/C20H33N3O4S/c1-14(18(25)21-16-4-5-16)22-8-10-23(11-9-22)28(26,27)13-20-7-6-15(12-17(20)24)19(20,2)3/h14-16H,4-13H2,1-3H3,(H,21,25). The summed E-state index contributed by atoms with van der Waals surface area (Å²) in [5.41, 5.74) is -0.959. The first-order valence-electron chi connectivity index (χ1n) is 10.6. The third-order valence-corrected chi connectivity index (χ3v) is 10.1. The van der Waals surface area contributed by atoms with E-state index in [9.17, 15) is 18.0 Å². The van der Waals surface area contributed by atoms with Gasteiger partial charge in [0.1, 0.15) is 5.78 Å². The number of amides is 1. The van der Waals surface area contributed by atoms with Gasteiger partial charge in [0.25, 0.3) is 0 Å². The van der Waals surface area contributed by atoms with Crippen molar-refractivity contribution in [1.29, 1.82) is 0 Å². The lowest BCUT2D eigenvalue weighted by Gasteiger charge is -2.40. The Labute approximate surface area is 168 Å². The van der Waals surface area contributed by atoms with E-state index >= 15 is 0 Å². The first-order chi connectivity index (χ1) is 13.1.